The van der Waals surface area contributed by atoms with E-state index in [1.165, 1.54) is 4.90 Å². The van der Waals surface area contributed by atoms with Crippen molar-refractivity contribution in [2.24, 2.45) is 0 Å². The van der Waals surface area contributed by atoms with E-state index in [1.54, 1.807) is 31.4 Å². The molecule has 1 heterocycles. The smallest absolute Gasteiger partial charge is 0.278 e. The second kappa shape index (κ2) is 9.66. The van der Waals surface area contributed by atoms with Gasteiger partial charge in [-0.1, -0.05) is 48.5 Å². The summed E-state index contributed by atoms with van der Waals surface area (Å²) in [6.45, 7) is 3.32. The zero-order valence-corrected chi connectivity index (χ0v) is 18.3. The molecule has 2 amide bonds. The maximum absolute atomic E-state index is 13.3. The molecular formula is C26H26N2O4. The summed E-state index contributed by atoms with van der Waals surface area (Å²) in [5.41, 5.74) is 2.09. The highest BCUT2D eigenvalue weighted by Crippen LogP contribution is 2.33. The molecule has 0 fully saturated rings. The van der Waals surface area contributed by atoms with Crippen LogP contribution in [0, 0.1) is 0 Å². The van der Waals surface area contributed by atoms with Crippen LogP contribution in [0.1, 0.15) is 18.9 Å². The van der Waals surface area contributed by atoms with Crippen LogP contribution in [0.25, 0.3) is 16.3 Å². The Bertz CT molecular complexity index is 1160. The number of imide groups is 1. The molecule has 0 unspecified atom stereocenters. The average molecular weight is 431 g/mol. The van der Waals surface area contributed by atoms with Gasteiger partial charge in [0.15, 0.2) is 0 Å². The zero-order valence-electron chi connectivity index (χ0n) is 18.3. The number of anilines is 1. The number of hydrogen-bond donors (Lipinski definition) is 1. The quantitative estimate of drug-likeness (QED) is 0.401. The van der Waals surface area contributed by atoms with Crippen molar-refractivity contribution < 1.29 is 19.1 Å². The van der Waals surface area contributed by atoms with E-state index in [4.69, 9.17) is 9.47 Å². The predicted molar refractivity (Wildman–Crippen MR) is 125 cm³/mol. The van der Waals surface area contributed by atoms with Gasteiger partial charge in [-0.05, 0) is 42.5 Å². The van der Waals surface area contributed by atoms with Gasteiger partial charge >= 0.3 is 0 Å². The van der Waals surface area contributed by atoms with Crippen molar-refractivity contribution in [2.45, 2.75) is 13.3 Å². The largest absolute Gasteiger partial charge is 0.497 e. The van der Waals surface area contributed by atoms with E-state index in [0.717, 1.165) is 16.5 Å². The van der Waals surface area contributed by atoms with E-state index in [-0.39, 0.29) is 17.5 Å². The topological polar surface area (TPSA) is 67.9 Å². The van der Waals surface area contributed by atoms with Gasteiger partial charge in [-0.25, -0.2) is 0 Å². The number of carbonyl (C=O) groups is 2. The second-order valence-corrected chi connectivity index (χ2v) is 7.44. The van der Waals surface area contributed by atoms with Crippen molar-refractivity contribution in [3.8, 4) is 5.75 Å². The number of rotatable bonds is 9. The Labute approximate surface area is 187 Å². The molecule has 3 aromatic carbocycles. The van der Waals surface area contributed by atoms with E-state index in [2.05, 4.69) is 5.32 Å². The third kappa shape index (κ3) is 4.22. The first-order valence-corrected chi connectivity index (χ1v) is 10.7. The van der Waals surface area contributed by atoms with Crippen LogP contribution in [0.3, 0.4) is 0 Å². The van der Waals surface area contributed by atoms with Crippen molar-refractivity contribution >= 4 is 33.8 Å². The highest BCUT2D eigenvalue weighted by molar-refractivity contribution is 6.36. The molecule has 32 heavy (non-hydrogen) atoms. The number of hydrogen-bond acceptors (Lipinski definition) is 5. The molecule has 0 radical (unpaired) electrons. The number of fused-ring (bicyclic) bond motifs is 1. The fraction of sp³-hybridized carbons (Fsp3) is 0.231. The Balaban J connectivity index is 1.73. The van der Waals surface area contributed by atoms with E-state index in [1.807, 2.05) is 49.4 Å². The van der Waals surface area contributed by atoms with Crippen LogP contribution in [-0.2, 0) is 14.3 Å². The number of carbonyl (C=O) groups excluding carboxylic acids is 2. The standard InChI is InChI=1S/C26H26N2O4/c1-3-32-17-7-16-28-25(29)23(19-12-14-20(31-2)15-13-19)24(26(28)30)27-22-11-6-9-18-8-4-5-10-21(18)22/h4-6,8-15,27H,3,7,16-17H2,1-2H3. The van der Waals surface area contributed by atoms with Gasteiger partial charge in [0.1, 0.15) is 11.4 Å². The first-order chi connectivity index (χ1) is 15.6. The third-order valence-electron chi connectivity index (χ3n) is 5.47. The van der Waals surface area contributed by atoms with E-state index < -0.39 is 0 Å². The summed E-state index contributed by atoms with van der Waals surface area (Å²) in [7, 11) is 1.59. The van der Waals surface area contributed by atoms with Crippen LogP contribution in [0.2, 0.25) is 0 Å². The van der Waals surface area contributed by atoms with Crippen molar-refractivity contribution in [1.82, 2.24) is 4.90 Å². The molecule has 0 bridgehead atoms. The lowest BCUT2D eigenvalue weighted by molar-refractivity contribution is -0.137. The SMILES string of the molecule is CCOCCCN1C(=O)C(Nc2cccc3ccccc23)=C(c2ccc(OC)cc2)C1=O. The molecule has 4 rings (SSSR count). The second-order valence-electron chi connectivity index (χ2n) is 7.44. The van der Waals surface area contributed by atoms with Gasteiger partial charge in [-0.3, -0.25) is 14.5 Å². The van der Waals surface area contributed by atoms with E-state index >= 15 is 0 Å². The highest BCUT2D eigenvalue weighted by Gasteiger charge is 2.39. The molecule has 164 valence electrons. The molecule has 0 atom stereocenters. The van der Waals surface area contributed by atoms with E-state index in [9.17, 15) is 9.59 Å². The lowest BCUT2D eigenvalue weighted by Crippen LogP contribution is -2.34. The van der Waals surface area contributed by atoms with Crippen molar-refractivity contribution in [3.05, 3.63) is 78.0 Å². The van der Waals surface area contributed by atoms with Crippen LogP contribution in [-0.4, -0.2) is 43.6 Å². The Hall–Kier alpha value is -3.64. The lowest BCUT2D eigenvalue weighted by Gasteiger charge is -2.15. The minimum absolute atomic E-state index is 0.285. The van der Waals surface area contributed by atoms with Gasteiger partial charge in [0, 0.05) is 30.8 Å². The molecule has 0 saturated heterocycles. The van der Waals surface area contributed by atoms with Crippen LogP contribution >= 0.6 is 0 Å². The summed E-state index contributed by atoms with van der Waals surface area (Å²) in [4.78, 5) is 28.0. The third-order valence-corrected chi connectivity index (χ3v) is 5.47. The molecule has 0 spiro atoms. The van der Waals surface area contributed by atoms with Gasteiger partial charge in [0.25, 0.3) is 11.8 Å². The maximum atomic E-state index is 13.3. The summed E-state index contributed by atoms with van der Waals surface area (Å²) >= 11 is 0. The summed E-state index contributed by atoms with van der Waals surface area (Å²) in [6, 6.07) is 21.0. The molecule has 0 aromatic heterocycles. The number of amides is 2. The molecule has 6 heteroatoms. The number of nitrogens with zero attached hydrogens (tertiary/aromatic N) is 1. The Morgan fingerprint density at radius 3 is 2.41 bits per heavy atom. The van der Waals surface area contributed by atoms with Gasteiger partial charge in [0.2, 0.25) is 0 Å². The summed E-state index contributed by atoms with van der Waals surface area (Å²) < 4.78 is 10.6. The highest BCUT2D eigenvalue weighted by atomic mass is 16.5. The van der Waals surface area contributed by atoms with Gasteiger partial charge in [0.05, 0.1) is 12.7 Å². The van der Waals surface area contributed by atoms with E-state index in [0.29, 0.717) is 43.1 Å². The Kier molecular flexibility index (Phi) is 6.52. The minimum Gasteiger partial charge on any atom is -0.497 e. The minimum atomic E-state index is -0.328. The van der Waals surface area contributed by atoms with Crippen molar-refractivity contribution in [1.29, 1.82) is 0 Å². The van der Waals surface area contributed by atoms with Gasteiger partial charge in [-0.2, -0.15) is 0 Å². The molecule has 3 aromatic rings. The summed E-state index contributed by atoms with van der Waals surface area (Å²) in [5.74, 6) is 0.0490. The molecule has 1 aliphatic rings. The lowest BCUT2D eigenvalue weighted by atomic mass is 10.0. The van der Waals surface area contributed by atoms with Gasteiger partial charge in [-0.15, -0.1) is 0 Å². The fourth-order valence-corrected chi connectivity index (χ4v) is 3.86. The van der Waals surface area contributed by atoms with Crippen molar-refractivity contribution in [3.63, 3.8) is 0 Å². The molecular weight excluding hydrogens is 404 g/mol. The molecule has 0 saturated carbocycles. The monoisotopic (exact) mass is 430 g/mol. The normalized spacial score (nSPS) is 13.9. The first-order valence-electron chi connectivity index (χ1n) is 10.7. The molecule has 1 aliphatic heterocycles. The number of ether oxygens (including phenoxy) is 2. The van der Waals surface area contributed by atoms with Crippen LogP contribution < -0.4 is 10.1 Å². The fourth-order valence-electron chi connectivity index (χ4n) is 3.86. The first kappa shape index (κ1) is 21.6. The average Bonchev–Trinajstić information content (AvgIpc) is 3.06. The number of benzene rings is 3. The maximum Gasteiger partial charge on any atom is 0.278 e. The van der Waals surface area contributed by atoms with Crippen LogP contribution in [0.5, 0.6) is 5.75 Å². The molecule has 1 N–H and O–H groups in total. The predicted octanol–water partition coefficient (Wildman–Crippen LogP) is 4.47. The van der Waals surface area contributed by atoms with Gasteiger partial charge < -0.3 is 14.8 Å². The number of nitrogens with one attached hydrogen (secondary N) is 1. The van der Waals surface area contributed by atoms with Crippen molar-refractivity contribution in [2.75, 3.05) is 32.2 Å². The summed E-state index contributed by atoms with van der Waals surface area (Å²) in [5, 5.41) is 5.31. The zero-order chi connectivity index (χ0) is 22.5. The Morgan fingerprint density at radius 1 is 0.906 bits per heavy atom. The molecule has 6 nitrogen and oxygen atoms in total. The van der Waals surface area contributed by atoms with Crippen LogP contribution in [0.15, 0.2) is 72.4 Å². The summed E-state index contributed by atoms with van der Waals surface area (Å²) in [6.07, 6.45) is 0.586. The number of methoxy groups -OCH3 is 1. The van der Waals surface area contributed by atoms with Crippen LogP contribution in [0.4, 0.5) is 5.69 Å². The molecule has 0 aliphatic carbocycles. The Morgan fingerprint density at radius 2 is 1.66 bits per heavy atom.